The highest BCUT2D eigenvalue weighted by Crippen LogP contribution is 2.28. The van der Waals surface area contributed by atoms with Gasteiger partial charge in [-0.2, -0.15) is 0 Å². The number of fused-ring (bicyclic) bond motifs is 1. The molecule has 1 N–H and O–H groups in total. The average Bonchev–Trinajstić information content (AvgIpc) is 3.14. The largest absolute Gasteiger partial charge is 0.381 e. The molecule has 0 saturated carbocycles. The molecule has 128 valence electrons. The molecule has 2 aromatic carbocycles. The summed E-state index contributed by atoms with van der Waals surface area (Å²) in [5.41, 5.74) is 4.75. The highest BCUT2D eigenvalue weighted by molar-refractivity contribution is 5.91. The molecule has 4 rings (SSSR count). The van der Waals surface area contributed by atoms with Crippen LogP contribution in [0.2, 0.25) is 0 Å². The van der Waals surface area contributed by atoms with Crippen molar-refractivity contribution in [1.29, 1.82) is 0 Å². The van der Waals surface area contributed by atoms with Crippen LogP contribution in [0.3, 0.4) is 0 Å². The van der Waals surface area contributed by atoms with Crippen LogP contribution >= 0.6 is 0 Å². The van der Waals surface area contributed by atoms with Crippen molar-refractivity contribution < 1.29 is 0 Å². The lowest BCUT2D eigenvalue weighted by atomic mass is 10.1. The molecule has 1 saturated heterocycles. The van der Waals surface area contributed by atoms with Gasteiger partial charge in [0.05, 0.1) is 5.52 Å². The van der Waals surface area contributed by atoms with Crippen LogP contribution in [0.5, 0.6) is 0 Å². The smallest absolute Gasteiger partial charge is 0.140 e. The van der Waals surface area contributed by atoms with Crippen LogP contribution in [-0.4, -0.2) is 23.1 Å². The summed E-state index contributed by atoms with van der Waals surface area (Å²) in [5.74, 6) is 1.93. The fraction of sp³-hybridized carbons (Fsp3) is 0.333. The second-order valence-corrected chi connectivity index (χ2v) is 6.80. The van der Waals surface area contributed by atoms with E-state index < -0.39 is 0 Å². The van der Waals surface area contributed by atoms with E-state index in [1.165, 1.54) is 24.0 Å². The van der Waals surface area contributed by atoms with Gasteiger partial charge in [-0.05, 0) is 56.0 Å². The van der Waals surface area contributed by atoms with E-state index in [0.717, 1.165) is 47.9 Å². The number of aromatic nitrogens is 2. The minimum Gasteiger partial charge on any atom is -0.381 e. The lowest BCUT2D eigenvalue weighted by molar-refractivity contribution is 0.925. The maximum Gasteiger partial charge on any atom is 0.140 e. The fourth-order valence-electron chi connectivity index (χ4n) is 3.51. The van der Waals surface area contributed by atoms with Crippen molar-refractivity contribution in [3.05, 3.63) is 59.4 Å². The first kappa shape index (κ1) is 15.9. The monoisotopic (exact) mass is 332 g/mol. The van der Waals surface area contributed by atoms with Gasteiger partial charge >= 0.3 is 0 Å². The molecule has 0 radical (unpaired) electrons. The summed E-state index contributed by atoms with van der Waals surface area (Å²) in [4.78, 5) is 11.8. The molecule has 0 spiro atoms. The van der Waals surface area contributed by atoms with Crippen molar-refractivity contribution >= 4 is 22.4 Å². The Morgan fingerprint density at radius 2 is 1.80 bits per heavy atom. The number of nitrogens with zero attached hydrogens (tertiary/aromatic N) is 3. The Bertz CT molecular complexity index is 898. The fourth-order valence-corrected chi connectivity index (χ4v) is 3.51. The summed E-state index contributed by atoms with van der Waals surface area (Å²) in [5, 5.41) is 4.68. The van der Waals surface area contributed by atoms with Crippen molar-refractivity contribution in [2.24, 2.45) is 0 Å². The van der Waals surface area contributed by atoms with Crippen molar-refractivity contribution in [3.63, 3.8) is 0 Å². The minimum absolute atomic E-state index is 0.821. The van der Waals surface area contributed by atoms with E-state index in [2.05, 4.69) is 64.6 Å². The summed E-state index contributed by atoms with van der Waals surface area (Å²) >= 11 is 0. The summed E-state index contributed by atoms with van der Waals surface area (Å²) in [7, 11) is 0. The van der Waals surface area contributed by atoms with Gasteiger partial charge in [-0.3, -0.25) is 0 Å². The second kappa shape index (κ2) is 6.71. The van der Waals surface area contributed by atoms with E-state index in [1.54, 1.807) is 0 Å². The molecule has 1 aliphatic heterocycles. The number of aryl methyl sites for hydroxylation is 2. The van der Waals surface area contributed by atoms with Crippen LogP contribution in [0.15, 0.2) is 42.5 Å². The summed E-state index contributed by atoms with van der Waals surface area (Å²) in [6.45, 7) is 7.14. The van der Waals surface area contributed by atoms with Crippen LogP contribution in [0.4, 0.5) is 11.5 Å². The molecule has 25 heavy (non-hydrogen) atoms. The van der Waals surface area contributed by atoms with Gasteiger partial charge in [0.15, 0.2) is 0 Å². The Balaban J connectivity index is 1.62. The maximum atomic E-state index is 4.71. The second-order valence-electron chi connectivity index (χ2n) is 6.80. The van der Waals surface area contributed by atoms with E-state index >= 15 is 0 Å². The third-order valence-electron chi connectivity index (χ3n) is 4.94. The molecule has 0 amide bonds. The normalized spacial score (nSPS) is 14.2. The van der Waals surface area contributed by atoms with Crippen molar-refractivity contribution in [2.45, 2.75) is 33.2 Å². The van der Waals surface area contributed by atoms with Gasteiger partial charge < -0.3 is 10.2 Å². The van der Waals surface area contributed by atoms with Crippen LogP contribution in [0.1, 0.15) is 29.8 Å². The van der Waals surface area contributed by atoms with E-state index in [4.69, 9.17) is 4.98 Å². The van der Waals surface area contributed by atoms with E-state index in [1.807, 2.05) is 6.92 Å². The van der Waals surface area contributed by atoms with Gasteiger partial charge in [-0.25, -0.2) is 9.97 Å². The maximum absolute atomic E-state index is 4.71. The zero-order chi connectivity index (χ0) is 17.2. The molecular formula is C21H24N4. The zero-order valence-electron chi connectivity index (χ0n) is 14.9. The van der Waals surface area contributed by atoms with Gasteiger partial charge in [0.25, 0.3) is 0 Å². The first-order valence-corrected chi connectivity index (χ1v) is 9.02. The molecule has 1 aliphatic rings. The van der Waals surface area contributed by atoms with Crippen molar-refractivity contribution in [2.75, 3.05) is 23.3 Å². The first-order valence-electron chi connectivity index (χ1n) is 9.02. The van der Waals surface area contributed by atoms with Gasteiger partial charge in [0, 0.05) is 30.7 Å². The molecule has 0 unspecified atom stereocenters. The number of rotatable bonds is 4. The number of nitrogens with one attached hydrogen (secondary N) is 1. The molecule has 3 aromatic rings. The summed E-state index contributed by atoms with van der Waals surface area (Å²) in [6, 6.07) is 14.9. The molecular weight excluding hydrogens is 308 g/mol. The Morgan fingerprint density at radius 3 is 2.60 bits per heavy atom. The molecule has 4 nitrogen and oxygen atoms in total. The minimum atomic E-state index is 0.821. The van der Waals surface area contributed by atoms with E-state index in [-0.39, 0.29) is 0 Å². The van der Waals surface area contributed by atoms with Crippen LogP contribution < -0.4 is 10.2 Å². The van der Waals surface area contributed by atoms with Gasteiger partial charge in [-0.1, -0.05) is 24.3 Å². The number of benzene rings is 2. The standard InChI is InChI=1S/C21H24N4/c1-15-7-3-4-8-17(15)14-22-18-9-10-19-20(13-18)23-16(2)24-21(19)25-11-5-6-12-25/h3-4,7-10,13,22H,5-6,11-12,14H2,1-2H3. The molecule has 1 aromatic heterocycles. The third-order valence-corrected chi connectivity index (χ3v) is 4.94. The number of anilines is 2. The molecule has 0 bridgehead atoms. The number of hydrogen-bond acceptors (Lipinski definition) is 4. The lowest BCUT2D eigenvalue weighted by Gasteiger charge is -2.19. The Kier molecular flexibility index (Phi) is 4.26. The summed E-state index contributed by atoms with van der Waals surface area (Å²) in [6.07, 6.45) is 2.50. The molecule has 2 heterocycles. The summed E-state index contributed by atoms with van der Waals surface area (Å²) < 4.78 is 0. The van der Waals surface area contributed by atoms with Crippen molar-refractivity contribution in [1.82, 2.24) is 9.97 Å². The van der Waals surface area contributed by atoms with Gasteiger partial charge in [0.2, 0.25) is 0 Å². The van der Waals surface area contributed by atoms with Crippen LogP contribution in [0, 0.1) is 13.8 Å². The average molecular weight is 332 g/mol. The predicted molar refractivity (Wildman–Crippen MR) is 104 cm³/mol. The van der Waals surface area contributed by atoms with Gasteiger partial charge in [0.1, 0.15) is 11.6 Å². The van der Waals surface area contributed by atoms with Crippen LogP contribution in [-0.2, 0) is 6.54 Å². The topological polar surface area (TPSA) is 41.1 Å². The highest BCUT2D eigenvalue weighted by atomic mass is 15.2. The molecule has 0 aliphatic carbocycles. The zero-order valence-corrected chi connectivity index (χ0v) is 14.9. The quantitative estimate of drug-likeness (QED) is 0.766. The van der Waals surface area contributed by atoms with Gasteiger partial charge in [-0.15, -0.1) is 0 Å². The van der Waals surface area contributed by atoms with Crippen LogP contribution in [0.25, 0.3) is 10.9 Å². The SMILES string of the molecule is Cc1nc(N2CCCC2)c2ccc(NCc3ccccc3C)cc2n1. The lowest BCUT2D eigenvalue weighted by Crippen LogP contribution is -2.20. The predicted octanol–water partition coefficient (Wildman–Crippen LogP) is 4.46. The van der Waals surface area contributed by atoms with Crippen molar-refractivity contribution in [3.8, 4) is 0 Å². The Labute approximate surface area is 148 Å². The van der Waals surface area contributed by atoms with E-state index in [9.17, 15) is 0 Å². The Hall–Kier alpha value is -2.62. The molecule has 0 atom stereocenters. The molecule has 4 heteroatoms. The van der Waals surface area contributed by atoms with E-state index in [0.29, 0.717) is 0 Å². The third kappa shape index (κ3) is 3.29. The Morgan fingerprint density at radius 1 is 1.00 bits per heavy atom. The molecule has 1 fully saturated rings. The first-order chi connectivity index (χ1) is 12.2. The highest BCUT2D eigenvalue weighted by Gasteiger charge is 2.17. The number of hydrogen-bond donors (Lipinski definition) is 1.